The molecule has 0 saturated heterocycles. The van der Waals surface area contributed by atoms with E-state index in [2.05, 4.69) is 245 Å². The number of rotatable bonds is 9. The van der Waals surface area contributed by atoms with Crippen molar-refractivity contribution in [3.63, 3.8) is 0 Å². The molecule has 7 aromatic rings. The van der Waals surface area contributed by atoms with Gasteiger partial charge in [-0.1, -0.05) is 168 Å². The summed E-state index contributed by atoms with van der Waals surface area (Å²) in [5.41, 5.74) is 18.9. The maximum atomic E-state index is 2.44. The number of benzene rings is 7. The standard InChI is InChI=1S/C57H52N2/c1-56(2,3)45-30-36-50(37-31-45)59(51-38-39-53-52-18-12-13-19-54(52)57(4,5)55(53)40-51)48-32-24-42(25-33-48)21-20-41-22-26-43(27-23-41)44-28-34-49(35-29-44)58(46-14-8-6-9-15-46)47-16-10-7-11-17-47/h6-12,14-18,20-40H,13,19H2,1-5H3/b21-20+. The number of hydrogen-bond donors (Lipinski definition) is 0. The molecule has 0 bridgehead atoms. The second kappa shape index (κ2) is 15.6. The van der Waals surface area contributed by atoms with Crippen LogP contribution < -0.4 is 9.80 Å². The van der Waals surface area contributed by atoms with Crippen molar-refractivity contribution in [1.82, 2.24) is 0 Å². The van der Waals surface area contributed by atoms with Crippen LogP contribution in [-0.4, -0.2) is 0 Å². The Bertz CT molecular complexity index is 2620. The average Bonchev–Trinajstić information content (AvgIpc) is 3.50. The van der Waals surface area contributed by atoms with Gasteiger partial charge in [0.2, 0.25) is 0 Å². The van der Waals surface area contributed by atoms with Crippen LogP contribution in [0.1, 0.15) is 75.3 Å². The smallest absolute Gasteiger partial charge is 0.0465 e. The lowest BCUT2D eigenvalue weighted by atomic mass is 9.78. The maximum absolute atomic E-state index is 2.44. The van der Waals surface area contributed by atoms with E-state index >= 15 is 0 Å². The van der Waals surface area contributed by atoms with E-state index in [0.717, 1.165) is 46.8 Å². The molecule has 0 spiro atoms. The summed E-state index contributed by atoms with van der Waals surface area (Å²) in [6.07, 6.45) is 11.4. The van der Waals surface area contributed by atoms with Crippen molar-refractivity contribution in [1.29, 1.82) is 0 Å². The molecule has 0 amide bonds. The molecule has 2 aliphatic carbocycles. The van der Waals surface area contributed by atoms with Gasteiger partial charge in [0.25, 0.3) is 0 Å². The van der Waals surface area contributed by atoms with Crippen molar-refractivity contribution in [2.24, 2.45) is 0 Å². The summed E-state index contributed by atoms with van der Waals surface area (Å²) in [5.74, 6) is 0. The van der Waals surface area contributed by atoms with Crippen molar-refractivity contribution in [2.75, 3.05) is 9.80 Å². The minimum atomic E-state index is 0.0116. The molecule has 2 nitrogen and oxygen atoms in total. The second-order valence-electron chi connectivity index (χ2n) is 17.4. The van der Waals surface area contributed by atoms with Crippen molar-refractivity contribution >= 4 is 51.8 Å². The number of nitrogens with zero attached hydrogens (tertiary/aromatic N) is 2. The van der Waals surface area contributed by atoms with Crippen LogP contribution >= 0.6 is 0 Å². The first kappa shape index (κ1) is 37.9. The number of fused-ring (bicyclic) bond motifs is 2. The normalized spacial score (nSPS) is 14.3. The third-order valence-electron chi connectivity index (χ3n) is 12.2. The van der Waals surface area contributed by atoms with E-state index in [0.29, 0.717) is 0 Å². The maximum Gasteiger partial charge on any atom is 0.0465 e. The number of hydrogen-bond acceptors (Lipinski definition) is 2. The van der Waals surface area contributed by atoms with E-state index in [4.69, 9.17) is 0 Å². The van der Waals surface area contributed by atoms with Crippen LogP contribution in [0.2, 0.25) is 0 Å². The van der Waals surface area contributed by atoms with Gasteiger partial charge in [-0.2, -0.15) is 0 Å². The van der Waals surface area contributed by atoms with Gasteiger partial charge in [-0.05, 0) is 136 Å². The van der Waals surface area contributed by atoms with E-state index in [1.807, 2.05) is 0 Å². The van der Waals surface area contributed by atoms with Gasteiger partial charge in [0.1, 0.15) is 0 Å². The summed E-state index contributed by atoms with van der Waals surface area (Å²) in [6.45, 7) is 11.6. The van der Waals surface area contributed by atoms with Gasteiger partial charge in [0.15, 0.2) is 0 Å². The molecule has 0 saturated carbocycles. The molecular formula is C57H52N2. The fraction of sp³-hybridized carbons (Fsp3) is 0.158. The quantitative estimate of drug-likeness (QED) is 0.135. The first-order chi connectivity index (χ1) is 28.6. The zero-order valence-corrected chi connectivity index (χ0v) is 34.9. The van der Waals surface area contributed by atoms with Crippen LogP contribution in [0.15, 0.2) is 194 Å². The highest BCUT2D eigenvalue weighted by Gasteiger charge is 2.37. The molecule has 0 atom stereocenters. The lowest BCUT2D eigenvalue weighted by Crippen LogP contribution is -2.19. The minimum absolute atomic E-state index is 0.0116. The molecule has 2 heteroatoms. The van der Waals surface area contributed by atoms with Crippen molar-refractivity contribution in [3.05, 3.63) is 221 Å². The van der Waals surface area contributed by atoms with E-state index in [1.54, 1.807) is 5.57 Å². The van der Waals surface area contributed by atoms with Gasteiger partial charge in [0, 0.05) is 39.5 Å². The molecule has 0 fully saturated rings. The zero-order chi connectivity index (χ0) is 40.6. The lowest BCUT2D eigenvalue weighted by molar-refractivity contribution is 0.590. The van der Waals surface area contributed by atoms with Gasteiger partial charge >= 0.3 is 0 Å². The van der Waals surface area contributed by atoms with Crippen molar-refractivity contribution in [3.8, 4) is 11.1 Å². The Morgan fingerprint density at radius 3 is 1.47 bits per heavy atom. The van der Waals surface area contributed by atoms with Gasteiger partial charge in [-0.25, -0.2) is 0 Å². The molecule has 59 heavy (non-hydrogen) atoms. The number of allylic oxidation sites excluding steroid dienone is 4. The summed E-state index contributed by atoms with van der Waals surface area (Å²) >= 11 is 0. The summed E-state index contributed by atoms with van der Waals surface area (Å²) in [7, 11) is 0. The van der Waals surface area contributed by atoms with Crippen LogP contribution in [0.5, 0.6) is 0 Å². The fourth-order valence-electron chi connectivity index (χ4n) is 8.83. The van der Waals surface area contributed by atoms with Crippen LogP contribution in [0.25, 0.3) is 28.9 Å². The highest BCUT2D eigenvalue weighted by Crippen LogP contribution is 2.51. The molecule has 0 aliphatic heterocycles. The molecule has 9 rings (SSSR count). The van der Waals surface area contributed by atoms with E-state index in [9.17, 15) is 0 Å². The van der Waals surface area contributed by atoms with Gasteiger partial charge < -0.3 is 9.80 Å². The fourth-order valence-corrected chi connectivity index (χ4v) is 8.83. The summed E-state index contributed by atoms with van der Waals surface area (Å²) in [4.78, 5) is 4.70. The highest BCUT2D eigenvalue weighted by atomic mass is 15.1. The molecule has 290 valence electrons. The van der Waals surface area contributed by atoms with E-state index in [-0.39, 0.29) is 10.8 Å². The molecule has 0 N–H and O–H groups in total. The van der Waals surface area contributed by atoms with Gasteiger partial charge in [0.05, 0.1) is 0 Å². The minimum Gasteiger partial charge on any atom is -0.311 e. The molecular weight excluding hydrogens is 713 g/mol. The Hall–Kier alpha value is -6.64. The van der Waals surface area contributed by atoms with Crippen molar-refractivity contribution in [2.45, 2.75) is 58.3 Å². The molecule has 0 unspecified atom stereocenters. The molecule has 2 aliphatic rings. The Kier molecular flexibility index (Phi) is 10.0. The van der Waals surface area contributed by atoms with E-state index < -0.39 is 0 Å². The van der Waals surface area contributed by atoms with Crippen LogP contribution in [0, 0.1) is 0 Å². The Balaban J connectivity index is 0.949. The topological polar surface area (TPSA) is 6.48 Å². The van der Waals surface area contributed by atoms with Crippen LogP contribution in [-0.2, 0) is 10.8 Å². The first-order valence-electron chi connectivity index (χ1n) is 21.0. The Labute approximate surface area is 351 Å². The molecule has 0 radical (unpaired) electrons. The van der Waals surface area contributed by atoms with Gasteiger partial charge in [-0.3, -0.25) is 0 Å². The Morgan fingerprint density at radius 2 is 0.932 bits per heavy atom. The summed E-state index contributed by atoms with van der Waals surface area (Å²) in [6, 6.07) is 64.0. The molecule has 0 aromatic heterocycles. The third-order valence-corrected chi connectivity index (χ3v) is 12.2. The van der Waals surface area contributed by atoms with E-state index in [1.165, 1.54) is 44.6 Å². The number of anilines is 6. The SMILES string of the molecule is CC(C)(C)c1ccc(N(c2ccc(/C=C/c3ccc(-c4ccc(N(c5ccccc5)c5ccccc5)cc4)cc3)cc2)c2ccc3c(c2)C(C)(C)C2=C3C=CCC2)cc1. The summed E-state index contributed by atoms with van der Waals surface area (Å²) < 4.78 is 0. The largest absolute Gasteiger partial charge is 0.311 e. The predicted molar refractivity (Wildman–Crippen MR) is 254 cm³/mol. The monoisotopic (exact) mass is 764 g/mol. The Morgan fingerprint density at radius 1 is 0.492 bits per heavy atom. The number of para-hydroxylation sites is 2. The zero-order valence-electron chi connectivity index (χ0n) is 34.9. The second-order valence-corrected chi connectivity index (χ2v) is 17.4. The summed E-state index contributed by atoms with van der Waals surface area (Å²) in [5, 5.41) is 0. The van der Waals surface area contributed by atoms with Crippen LogP contribution in [0.3, 0.4) is 0 Å². The predicted octanol–water partition coefficient (Wildman–Crippen LogP) is 16.2. The van der Waals surface area contributed by atoms with Crippen molar-refractivity contribution < 1.29 is 0 Å². The first-order valence-corrected chi connectivity index (χ1v) is 21.0. The lowest BCUT2D eigenvalue weighted by Gasteiger charge is -2.30. The highest BCUT2D eigenvalue weighted by molar-refractivity contribution is 5.89. The van der Waals surface area contributed by atoms with Crippen LogP contribution in [0.4, 0.5) is 34.1 Å². The molecule has 0 heterocycles. The molecule has 7 aromatic carbocycles. The average molecular weight is 765 g/mol. The third kappa shape index (κ3) is 7.59. The van der Waals surface area contributed by atoms with Gasteiger partial charge in [-0.15, -0.1) is 0 Å².